The van der Waals surface area contributed by atoms with Gasteiger partial charge in [0.05, 0.1) is 0 Å². The lowest BCUT2D eigenvalue weighted by Crippen LogP contribution is -2.50. The van der Waals surface area contributed by atoms with Gasteiger partial charge in [-0.25, -0.2) is 0 Å². The van der Waals surface area contributed by atoms with Crippen molar-refractivity contribution in [2.24, 2.45) is 0 Å². The number of carbonyl (C=O) groups is 1. The number of alkyl halides is 5. The van der Waals surface area contributed by atoms with Gasteiger partial charge in [0.2, 0.25) is 0 Å². The Kier molecular flexibility index (Phi) is 10.3. The molecule has 1 N–H and O–H groups in total. The van der Waals surface area contributed by atoms with Crippen LogP contribution in [0.5, 0.6) is 0 Å². The van der Waals surface area contributed by atoms with Crippen LogP contribution in [0.25, 0.3) is 0 Å². The van der Waals surface area contributed by atoms with Gasteiger partial charge in [0.15, 0.2) is 0 Å². The molecular formula is C15H26F5NO. The molecule has 0 spiro atoms. The monoisotopic (exact) mass is 331 g/mol. The minimum atomic E-state index is -5.84. The summed E-state index contributed by atoms with van der Waals surface area (Å²) in [5, 5.41) is 1.65. The largest absolute Gasteiger partial charge is 0.463 e. The first-order valence-corrected chi connectivity index (χ1v) is 7.96. The first kappa shape index (κ1) is 21.1. The van der Waals surface area contributed by atoms with Crippen molar-refractivity contribution in [3.8, 4) is 0 Å². The van der Waals surface area contributed by atoms with Crippen LogP contribution in [-0.4, -0.2) is 24.6 Å². The van der Waals surface area contributed by atoms with Crippen LogP contribution >= 0.6 is 0 Å². The van der Waals surface area contributed by atoms with E-state index >= 15 is 0 Å². The molecule has 0 aromatic rings. The molecule has 0 atom stereocenters. The van der Waals surface area contributed by atoms with Gasteiger partial charge in [0.25, 0.3) is 5.91 Å². The fourth-order valence-electron chi connectivity index (χ4n) is 2.05. The van der Waals surface area contributed by atoms with Gasteiger partial charge in [0, 0.05) is 6.54 Å². The van der Waals surface area contributed by atoms with Crippen molar-refractivity contribution < 1.29 is 26.7 Å². The second-order valence-corrected chi connectivity index (χ2v) is 5.51. The topological polar surface area (TPSA) is 29.1 Å². The normalized spacial score (nSPS) is 12.5. The molecule has 0 heterocycles. The average Bonchev–Trinajstić information content (AvgIpc) is 2.43. The molecular weight excluding hydrogens is 305 g/mol. The molecule has 0 fully saturated rings. The number of unbranched alkanes of at least 4 members (excludes halogenated alkanes) is 9. The van der Waals surface area contributed by atoms with Crippen LogP contribution in [0.4, 0.5) is 22.0 Å². The third kappa shape index (κ3) is 8.54. The molecule has 0 aliphatic heterocycles. The Morgan fingerprint density at radius 1 is 0.773 bits per heavy atom. The van der Waals surface area contributed by atoms with Gasteiger partial charge in [-0.05, 0) is 6.42 Å². The summed E-state index contributed by atoms with van der Waals surface area (Å²) in [6.07, 6.45) is 4.43. The molecule has 0 saturated carbocycles. The second kappa shape index (κ2) is 10.8. The Morgan fingerprint density at radius 2 is 1.18 bits per heavy atom. The molecule has 0 aromatic heterocycles. The predicted octanol–water partition coefficient (Wildman–Crippen LogP) is 5.22. The van der Waals surface area contributed by atoms with Crippen molar-refractivity contribution in [1.82, 2.24) is 5.32 Å². The van der Waals surface area contributed by atoms with E-state index in [4.69, 9.17) is 0 Å². The van der Waals surface area contributed by atoms with Crippen molar-refractivity contribution >= 4 is 5.91 Å². The van der Waals surface area contributed by atoms with Crippen LogP contribution in [0.1, 0.15) is 71.1 Å². The van der Waals surface area contributed by atoms with E-state index in [9.17, 15) is 26.7 Å². The number of carbonyl (C=O) groups excluding carboxylic acids is 1. The highest BCUT2D eigenvalue weighted by molar-refractivity contribution is 5.84. The van der Waals surface area contributed by atoms with E-state index in [2.05, 4.69) is 6.92 Å². The van der Waals surface area contributed by atoms with E-state index in [1.807, 2.05) is 0 Å². The van der Waals surface area contributed by atoms with Crippen LogP contribution in [0.3, 0.4) is 0 Å². The number of hydrogen-bond donors (Lipinski definition) is 1. The first-order chi connectivity index (χ1) is 10.2. The van der Waals surface area contributed by atoms with Crippen LogP contribution in [-0.2, 0) is 4.79 Å². The zero-order chi connectivity index (χ0) is 17.1. The van der Waals surface area contributed by atoms with Gasteiger partial charge < -0.3 is 5.32 Å². The van der Waals surface area contributed by atoms with Gasteiger partial charge in [-0.15, -0.1) is 0 Å². The zero-order valence-electron chi connectivity index (χ0n) is 13.1. The summed E-state index contributed by atoms with van der Waals surface area (Å²) < 4.78 is 60.9. The summed E-state index contributed by atoms with van der Waals surface area (Å²) in [5.41, 5.74) is 0. The van der Waals surface area contributed by atoms with Crippen molar-refractivity contribution in [1.29, 1.82) is 0 Å². The lowest BCUT2D eigenvalue weighted by Gasteiger charge is -2.18. The van der Waals surface area contributed by atoms with Crippen LogP contribution in [0.2, 0.25) is 0 Å². The Morgan fingerprint density at radius 3 is 1.59 bits per heavy atom. The van der Waals surface area contributed by atoms with E-state index in [0.29, 0.717) is 12.8 Å². The molecule has 7 heteroatoms. The SMILES string of the molecule is CCCCCCCCCCCCNC(=O)C(F)(F)C(F)(F)F. The maximum Gasteiger partial charge on any atom is 0.463 e. The molecule has 0 rings (SSSR count). The maximum atomic E-state index is 12.6. The third-order valence-corrected chi connectivity index (χ3v) is 3.46. The van der Waals surface area contributed by atoms with Crippen molar-refractivity contribution in [3.05, 3.63) is 0 Å². The van der Waals surface area contributed by atoms with Crippen LogP contribution in [0.15, 0.2) is 0 Å². The summed E-state index contributed by atoms with van der Waals surface area (Å²) in [7, 11) is 0. The third-order valence-electron chi connectivity index (χ3n) is 3.46. The lowest BCUT2D eigenvalue weighted by molar-refractivity contribution is -0.269. The fraction of sp³-hybridized carbons (Fsp3) is 0.933. The summed E-state index contributed by atoms with van der Waals surface area (Å²) in [6, 6.07) is 0. The summed E-state index contributed by atoms with van der Waals surface area (Å²) >= 11 is 0. The maximum absolute atomic E-state index is 12.6. The number of amides is 1. The molecule has 2 nitrogen and oxygen atoms in total. The Labute approximate surface area is 128 Å². The number of hydrogen-bond acceptors (Lipinski definition) is 1. The minimum Gasteiger partial charge on any atom is -0.351 e. The predicted molar refractivity (Wildman–Crippen MR) is 75.9 cm³/mol. The van der Waals surface area contributed by atoms with Gasteiger partial charge in [-0.1, -0.05) is 64.7 Å². The number of nitrogens with one attached hydrogen (secondary N) is 1. The second-order valence-electron chi connectivity index (χ2n) is 5.51. The lowest BCUT2D eigenvalue weighted by atomic mass is 10.1. The summed E-state index contributed by atoms with van der Waals surface area (Å²) in [4.78, 5) is 10.8. The van der Waals surface area contributed by atoms with Gasteiger partial charge in [-0.3, -0.25) is 4.79 Å². The van der Waals surface area contributed by atoms with Gasteiger partial charge >= 0.3 is 12.1 Å². The van der Waals surface area contributed by atoms with Crippen molar-refractivity contribution in [2.45, 2.75) is 83.2 Å². The van der Waals surface area contributed by atoms with E-state index in [1.54, 1.807) is 5.32 Å². The molecule has 0 saturated heterocycles. The molecule has 0 aromatic carbocycles. The summed E-state index contributed by atoms with van der Waals surface area (Å²) in [5.74, 6) is -7.58. The Bertz CT molecular complexity index is 305. The van der Waals surface area contributed by atoms with Crippen LogP contribution < -0.4 is 5.32 Å². The molecule has 0 radical (unpaired) electrons. The Hall–Kier alpha value is -0.880. The minimum absolute atomic E-state index is 0.152. The summed E-state index contributed by atoms with van der Waals surface area (Å²) in [6.45, 7) is 2.00. The molecule has 0 aliphatic carbocycles. The van der Waals surface area contributed by atoms with Crippen molar-refractivity contribution in [3.63, 3.8) is 0 Å². The molecule has 22 heavy (non-hydrogen) atoms. The zero-order valence-corrected chi connectivity index (χ0v) is 13.1. The highest BCUT2D eigenvalue weighted by Crippen LogP contribution is 2.35. The number of rotatable bonds is 12. The van der Waals surface area contributed by atoms with Gasteiger partial charge in [0.1, 0.15) is 0 Å². The fourth-order valence-corrected chi connectivity index (χ4v) is 2.05. The van der Waals surface area contributed by atoms with Crippen LogP contribution in [0, 0.1) is 0 Å². The van der Waals surface area contributed by atoms with E-state index < -0.39 is 18.0 Å². The Balaban J connectivity index is 3.52. The molecule has 132 valence electrons. The van der Waals surface area contributed by atoms with E-state index in [1.165, 1.54) is 32.1 Å². The van der Waals surface area contributed by atoms with Gasteiger partial charge in [-0.2, -0.15) is 22.0 Å². The quantitative estimate of drug-likeness (QED) is 0.385. The number of halogens is 5. The standard InChI is InChI=1S/C15H26F5NO/c1-2-3-4-5-6-7-8-9-10-11-12-21-13(22)14(16,17)15(18,19)20/h2-12H2,1H3,(H,21,22). The smallest absolute Gasteiger partial charge is 0.351 e. The average molecular weight is 331 g/mol. The molecule has 1 amide bonds. The van der Waals surface area contributed by atoms with Crippen molar-refractivity contribution in [2.75, 3.05) is 6.54 Å². The molecule has 0 aliphatic rings. The highest BCUT2D eigenvalue weighted by atomic mass is 19.4. The molecule has 0 bridgehead atoms. The molecule has 0 unspecified atom stereocenters. The first-order valence-electron chi connectivity index (χ1n) is 7.96. The van der Waals surface area contributed by atoms with E-state index in [0.717, 1.165) is 19.3 Å². The van der Waals surface area contributed by atoms with E-state index in [-0.39, 0.29) is 6.54 Å². The highest BCUT2D eigenvalue weighted by Gasteiger charge is 2.63.